The Balaban J connectivity index is 1.38. The summed E-state index contributed by atoms with van der Waals surface area (Å²) in [5.41, 5.74) is 7.31. The highest BCUT2D eigenvalue weighted by atomic mass is 32.2. The van der Waals surface area contributed by atoms with E-state index in [2.05, 4.69) is 15.4 Å². The summed E-state index contributed by atoms with van der Waals surface area (Å²) in [4.78, 5) is 30.3. The molecule has 0 spiro atoms. The first kappa shape index (κ1) is 23.7. The standard InChI is InChI=1S/C25H24N4O3S2/c1-16-8-10-20(11-9-16)29-18(3)24(17(2)28-29)27-23(30)12-32-25(31)21-6-4-5-7-22(21)34-14-19-13-33-15-26-19/h4-11,13,15H,12,14H2,1-3H3,(H,27,30). The van der Waals surface area contributed by atoms with E-state index in [4.69, 9.17) is 4.74 Å². The lowest BCUT2D eigenvalue weighted by molar-refractivity contribution is -0.119. The van der Waals surface area contributed by atoms with E-state index in [1.165, 1.54) is 23.1 Å². The lowest BCUT2D eigenvalue weighted by atomic mass is 10.2. The van der Waals surface area contributed by atoms with Gasteiger partial charge in [-0.3, -0.25) is 4.79 Å². The van der Waals surface area contributed by atoms with Crippen molar-refractivity contribution in [2.75, 3.05) is 11.9 Å². The van der Waals surface area contributed by atoms with Crippen LogP contribution >= 0.6 is 23.1 Å². The van der Waals surface area contributed by atoms with Crippen molar-refractivity contribution in [1.82, 2.24) is 14.8 Å². The number of rotatable bonds is 8. The van der Waals surface area contributed by atoms with Crippen LogP contribution in [0.4, 0.5) is 5.69 Å². The van der Waals surface area contributed by atoms with Gasteiger partial charge in [0.15, 0.2) is 6.61 Å². The monoisotopic (exact) mass is 492 g/mol. The van der Waals surface area contributed by atoms with Gasteiger partial charge in [-0.1, -0.05) is 29.8 Å². The minimum absolute atomic E-state index is 0.390. The van der Waals surface area contributed by atoms with Crippen molar-refractivity contribution in [1.29, 1.82) is 0 Å². The fourth-order valence-electron chi connectivity index (χ4n) is 3.37. The van der Waals surface area contributed by atoms with E-state index in [0.717, 1.165) is 27.5 Å². The van der Waals surface area contributed by atoms with Crippen LogP contribution in [-0.4, -0.2) is 33.2 Å². The Bertz CT molecular complexity index is 1300. The van der Waals surface area contributed by atoms with Gasteiger partial charge in [0.1, 0.15) is 0 Å². The Morgan fingerprint density at radius 2 is 1.85 bits per heavy atom. The van der Waals surface area contributed by atoms with Crippen molar-refractivity contribution in [2.45, 2.75) is 31.4 Å². The van der Waals surface area contributed by atoms with E-state index < -0.39 is 18.5 Å². The quantitative estimate of drug-likeness (QED) is 0.264. The lowest BCUT2D eigenvalue weighted by Crippen LogP contribution is -2.21. The number of benzene rings is 2. The molecule has 4 aromatic rings. The molecule has 4 rings (SSSR count). The van der Waals surface area contributed by atoms with Gasteiger partial charge in [-0.2, -0.15) is 5.10 Å². The largest absolute Gasteiger partial charge is 0.452 e. The van der Waals surface area contributed by atoms with Crippen molar-refractivity contribution in [3.05, 3.63) is 87.6 Å². The predicted molar refractivity (Wildman–Crippen MR) is 135 cm³/mol. The Hall–Kier alpha value is -3.43. The molecule has 0 saturated heterocycles. The van der Waals surface area contributed by atoms with E-state index in [1.54, 1.807) is 22.3 Å². The van der Waals surface area contributed by atoms with E-state index in [9.17, 15) is 9.59 Å². The molecule has 2 aromatic carbocycles. The molecule has 34 heavy (non-hydrogen) atoms. The number of aromatic nitrogens is 3. The number of amides is 1. The first-order chi connectivity index (χ1) is 16.4. The number of esters is 1. The number of carbonyl (C=O) groups is 2. The normalized spacial score (nSPS) is 10.8. The van der Waals surface area contributed by atoms with Crippen LogP contribution in [0.15, 0.2) is 64.3 Å². The van der Waals surface area contributed by atoms with Crippen LogP contribution in [0.1, 0.15) is 33.0 Å². The predicted octanol–water partition coefficient (Wildman–Crippen LogP) is 5.34. The zero-order valence-corrected chi connectivity index (χ0v) is 20.7. The molecule has 0 saturated carbocycles. The molecule has 2 aromatic heterocycles. The van der Waals surface area contributed by atoms with E-state index in [0.29, 0.717) is 22.7 Å². The van der Waals surface area contributed by atoms with Crippen LogP contribution in [0.5, 0.6) is 0 Å². The molecule has 0 aliphatic heterocycles. The molecule has 0 unspecified atom stereocenters. The molecule has 0 atom stereocenters. The van der Waals surface area contributed by atoms with Crippen LogP contribution in [0, 0.1) is 20.8 Å². The number of hydrogen-bond donors (Lipinski definition) is 1. The summed E-state index contributed by atoms with van der Waals surface area (Å²) in [6.45, 7) is 5.35. The highest BCUT2D eigenvalue weighted by Gasteiger charge is 2.18. The summed E-state index contributed by atoms with van der Waals surface area (Å²) < 4.78 is 7.10. The molecule has 0 fully saturated rings. The van der Waals surface area contributed by atoms with E-state index in [1.807, 2.05) is 62.5 Å². The first-order valence-corrected chi connectivity index (χ1v) is 12.5. The number of carbonyl (C=O) groups excluding carboxylic acids is 2. The van der Waals surface area contributed by atoms with Gasteiger partial charge in [-0.15, -0.1) is 23.1 Å². The molecule has 0 radical (unpaired) electrons. The van der Waals surface area contributed by atoms with E-state index in [-0.39, 0.29) is 0 Å². The maximum atomic E-state index is 12.7. The molecule has 9 heteroatoms. The smallest absolute Gasteiger partial charge is 0.339 e. The highest BCUT2D eigenvalue weighted by molar-refractivity contribution is 7.98. The molecule has 0 aliphatic rings. The van der Waals surface area contributed by atoms with Gasteiger partial charge in [0.2, 0.25) is 0 Å². The van der Waals surface area contributed by atoms with Crippen LogP contribution in [0.3, 0.4) is 0 Å². The third-order valence-electron chi connectivity index (χ3n) is 5.13. The number of ether oxygens (including phenoxy) is 1. The number of nitrogens with zero attached hydrogens (tertiary/aromatic N) is 3. The minimum Gasteiger partial charge on any atom is -0.452 e. The molecule has 7 nitrogen and oxygen atoms in total. The topological polar surface area (TPSA) is 86.1 Å². The van der Waals surface area contributed by atoms with Gasteiger partial charge in [0, 0.05) is 16.0 Å². The van der Waals surface area contributed by atoms with Crippen molar-refractivity contribution < 1.29 is 14.3 Å². The van der Waals surface area contributed by atoms with Gasteiger partial charge >= 0.3 is 5.97 Å². The molecular weight excluding hydrogens is 468 g/mol. The van der Waals surface area contributed by atoms with Crippen LogP contribution in [0.2, 0.25) is 0 Å². The summed E-state index contributed by atoms with van der Waals surface area (Å²) in [5, 5.41) is 9.35. The fourth-order valence-corrected chi connectivity index (χ4v) is 4.97. The van der Waals surface area contributed by atoms with Gasteiger partial charge in [-0.25, -0.2) is 14.5 Å². The Morgan fingerprint density at radius 3 is 2.59 bits per heavy atom. The number of anilines is 1. The third kappa shape index (κ3) is 5.55. The number of hydrogen-bond acceptors (Lipinski definition) is 7. The molecule has 174 valence electrons. The van der Waals surface area contributed by atoms with Gasteiger partial charge in [0.05, 0.1) is 39.5 Å². The fraction of sp³-hybridized carbons (Fsp3) is 0.200. The highest BCUT2D eigenvalue weighted by Crippen LogP contribution is 2.27. The maximum absolute atomic E-state index is 12.7. The summed E-state index contributed by atoms with van der Waals surface area (Å²) in [6, 6.07) is 15.2. The maximum Gasteiger partial charge on any atom is 0.339 e. The molecular formula is C25H24N4O3S2. The molecule has 0 aliphatic carbocycles. The Kier molecular flexibility index (Phi) is 7.44. The summed E-state index contributed by atoms with van der Waals surface area (Å²) in [5.74, 6) is -0.311. The number of thioether (sulfide) groups is 1. The zero-order valence-electron chi connectivity index (χ0n) is 19.1. The number of thiazole rings is 1. The second kappa shape index (κ2) is 10.7. The third-order valence-corrected chi connectivity index (χ3v) is 6.88. The minimum atomic E-state index is -0.541. The first-order valence-electron chi connectivity index (χ1n) is 10.6. The molecule has 0 bridgehead atoms. The van der Waals surface area contributed by atoms with Crippen molar-refractivity contribution in [2.24, 2.45) is 0 Å². The average Bonchev–Trinajstić information content (AvgIpc) is 3.46. The van der Waals surface area contributed by atoms with Gasteiger partial charge < -0.3 is 10.1 Å². The zero-order chi connectivity index (χ0) is 24.1. The van der Waals surface area contributed by atoms with Gasteiger partial charge in [0.25, 0.3) is 5.91 Å². The van der Waals surface area contributed by atoms with Crippen molar-refractivity contribution in [3.8, 4) is 5.69 Å². The second-order valence-corrected chi connectivity index (χ2v) is 9.42. The molecule has 1 amide bonds. The molecule has 2 heterocycles. The second-order valence-electron chi connectivity index (χ2n) is 7.68. The van der Waals surface area contributed by atoms with Crippen molar-refractivity contribution >= 4 is 40.7 Å². The number of nitrogens with one attached hydrogen (secondary N) is 1. The Labute approximate surface area is 206 Å². The SMILES string of the molecule is Cc1ccc(-n2nc(C)c(NC(=O)COC(=O)c3ccccc3SCc3cscn3)c2C)cc1. The van der Waals surface area contributed by atoms with Crippen LogP contribution in [0.25, 0.3) is 5.69 Å². The summed E-state index contributed by atoms with van der Waals surface area (Å²) in [7, 11) is 0. The van der Waals surface area contributed by atoms with Crippen LogP contribution in [-0.2, 0) is 15.3 Å². The number of aryl methyl sites for hydroxylation is 2. The van der Waals surface area contributed by atoms with E-state index >= 15 is 0 Å². The lowest BCUT2D eigenvalue weighted by Gasteiger charge is -2.10. The van der Waals surface area contributed by atoms with Crippen molar-refractivity contribution in [3.63, 3.8) is 0 Å². The van der Waals surface area contributed by atoms with Gasteiger partial charge in [-0.05, 0) is 45.0 Å². The van der Waals surface area contributed by atoms with Crippen LogP contribution < -0.4 is 5.32 Å². The summed E-state index contributed by atoms with van der Waals surface area (Å²) in [6.07, 6.45) is 0. The Morgan fingerprint density at radius 1 is 1.09 bits per heavy atom. The molecule has 1 N–H and O–H groups in total. The average molecular weight is 493 g/mol. The summed E-state index contributed by atoms with van der Waals surface area (Å²) >= 11 is 3.04.